The third-order valence-electron chi connectivity index (χ3n) is 4.61. The Balaban J connectivity index is 2.32. The first-order valence-electron chi connectivity index (χ1n) is 8.39. The molecule has 0 bridgehead atoms. The van der Waals surface area contributed by atoms with Crippen LogP contribution in [0.5, 0.6) is 0 Å². The number of carbonyl (C=O) groups excluding carboxylic acids is 2. The second kappa shape index (κ2) is 5.81. The zero-order chi connectivity index (χ0) is 18.6. The van der Waals surface area contributed by atoms with E-state index in [0.717, 1.165) is 0 Å². The highest BCUT2D eigenvalue weighted by Gasteiger charge is 2.46. The minimum absolute atomic E-state index is 0.0434. The molecule has 2 aliphatic carbocycles. The van der Waals surface area contributed by atoms with Gasteiger partial charge in [-0.15, -0.1) is 0 Å². The van der Waals surface area contributed by atoms with Crippen LogP contribution in [0.25, 0.3) is 0 Å². The predicted molar refractivity (Wildman–Crippen MR) is 83.6 cm³/mol. The molecule has 0 unspecified atom stereocenters. The fraction of sp³-hybridized carbons (Fsp3) is 0.611. The third-order valence-corrected chi connectivity index (χ3v) is 4.61. The lowest BCUT2D eigenvalue weighted by Gasteiger charge is -2.32. The quantitative estimate of drug-likeness (QED) is 0.758. The van der Waals surface area contributed by atoms with Gasteiger partial charge in [-0.3, -0.25) is 4.79 Å². The van der Waals surface area contributed by atoms with Crippen molar-refractivity contribution in [2.75, 3.05) is 6.61 Å². The molecule has 1 aromatic heterocycles. The van der Waals surface area contributed by atoms with E-state index in [1.807, 2.05) is 13.8 Å². The molecule has 0 N–H and O–H groups in total. The molecule has 2 aliphatic rings. The first-order valence-corrected chi connectivity index (χ1v) is 8.39. The minimum Gasteiger partial charge on any atom is -0.462 e. The average Bonchev–Trinajstić information content (AvgIpc) is 3.27. The van der Waals surface area contributed by atoms with Crippen molar-refractivity contribution in [1.29, 1.82) is 0 Å². The van der Waals surface area contributed by atoms with Gasteiger partial charge < -0.3 is 4.74 Å². The van der Waals surface area contributed by atoms with Crippen LogP contribution in [-0.4, -0.2) is 23.3 Å². The van der Waals surface area contributed by atoms with Crippen LogP contribution >= 0.6 is 0 Å². The fourth-order valence-electron chi connectivity index (χ4n) is 3.53. The maximum Gasteiger partial charge on any atom is 0.434 e. The Hall–Kier alpha value is -1.92. The molecule has 1 heterocycles. The Labute approximate surface area is 143 Å². The molecular formula is C18H20F3NO3. The molecule has 0 saturated heterocycles. The van der Waals surface area contributed by atoms with Crippen molar-refractivity contribution in [1.82, 2.24) is 4.98 Å². The number of nitrogens with zero attached hydrogens (tertiary/aromatic N) is 1. The van der Waals surface area contributed by atoms with Crippen molar-refractivity contribution in [2.45, 2.75) is 58.5 Å². The van der Waals surface area contributed by atoms with Crippen molar-refractivity contribution >= 4 is 11.8 Å². The summed E-state index contributed by atoms with van der Waals surface area (Å²) in [4.78, 5) is 28.7. The number of esters is 1. The van der Waals surface area contributed by atoms with E-state index in [2.05, 4.69) is 4.98 Å². The van der Waals surface area contributed by atoms with E-state index in [0.29, 0.717) is 12.8 Å². The van der Waals surface area contributed by atoms with Gasteiger partial charge in [0.1, 0.15) is 0 Å². The number of ether oxygens (including phenoxy) is 1. The predicted octanol–water partition coefficient (Wildman–Crippen LogP) is 4.31. The minimum atomic E-state index is -4.79. The molecule has 0 amide bonds. The van der Waals surface area contributed by atoms with Crippen LogP contribution in [-0.2, 0) is 17.3 Å². The summed E-state index contributed by atoms with van der Waals surface area (Å²) in [6.45, 7) is 5.15. The molecule has 0 spiro atoms. The standard InChI is InChI=1S/C18H20F3NO3/c1-4-25-16(24)14-12(9-5-6-9)13-10(22-15(14)18(19,20)21)7-17(2,3)8-11(13)23/h9H,4-8H2,1-3H3. The zero-order valence-corrected chi connectivity index (χ0v) is 14.4. The van der Waals surface area contributed by atoms with Gasteiger partial charge in [0.2, 0.25) is 0 Å². The van der Waals surface area contributed by atoms with Gasteiger partial charge in [0, 0.05) is 12.0 Å². The van der Waals surface area contributed by atoms with E-state index in [1.54, 1.807) is 0 Å². The van der Waals surface area contributed by atoms with E-state index >= 15 is 0 Å². The molecule has 1 fully saturated rings. The monoisotopic (exact) mass is 355 g/mol. The molecule has 0 aliphatic heterocycles. The van der Waals surface area contributed by atoms with Crippen LogP contribution in [0.15, 0.2) is 0 Å². The van der Waals surface area contributed by atoms with Crippen molar-refractivity contribution in [3.8, 4) is 0 Å². The van der Waals surface area contributed by atoms with E-state index in [1.165, 1.54) is 6.92 Å². The summed E-state index contributed by atoms with van der Waals surface area (Å²) >= 11 is 0. The molecule has 136 valence electrons. The maximum absolute atomic E-state index is 13.6. The lowest BCUT2D eigenvalue weighted by Crippen LogP contribution is -2.32. The highest BCUT2D eigenvalue weighted by molar-refractivity contribution is 6.04. The first-order chi connectivity index (χ1) is 11.5. The number of aromatic nitrogens is 1. The van der Waals surface area contributed by atoms with Gasteiger partial charge in [-0.1, -0.05) is 13.8 Å². The lowest BCUT2D eigenvalue weighted by atomic mass is 9.73. The van der Waals surface area contributed by atoms with Gasteiger partial charge in [0.15, 0.2) is 11.5 Å². The number of ketones is 1. The molecule has 4 nitrogen and oxygen atoms in total. The molecule has 3 rings (SSSR count). The molecule has 0 aromatic carbocycles. The van der Waals surface area contributed by atoms with Gasteiger partial charge in [-0.05, 0) is 43.1 Å². The van der Waals surface area contributed by atoms with Gasteiger partial charge in [0.25, 0.3) is 0 Å². The normalized spacial score (nSPS) is 19.5. The average molecular weight is 355 g/mol. The van der Waals surface area contributed by atoms with Crippen LogP contribution in [0.1, 0.15) is 83.6 Å². The van der Waals surface area contributed by atoms with Gasteiger partial charge in [0.05, 0.1) is 17.9 Å². The molecule has 7 heteroatoms. The van der Waals surface area contributed by atoms with Crippen LogP contribution in [0.2, 0.25) is 0 Å². The number of Topliss-reactive ketones (excluding diaryl/α,β-unsaturated/α-hetero) is 1. The largest absolute Gasteiger partial charge is 0.462 e. The number of hydrogen-bond acceptors (Lipinski definition) is 4. The summed E-state index contributed by atoms with van der Waals surface area (Å²) in [6.07, 6.45) is -2.95. The van der Waals surface area contributed by atoms with Crippen molar-refractivity contribution in [3.63, 3.8) is 0 Å². The van der Waals surface area contributed by atoms with E-state index in [-0.39, 0.29) is 48.0 Å². The smallest absolute Gasteiger partial charge is 0.434 e. The van der Waals surface area contributed by atoms with Gasteiger partial charge in [-0.25, -0.2) is 9.78 Å². The lowest BCUT2D eigenvalue weighted by molar-refractivity contribution is -0.142. The number of halogens is 3. The Morgan fingerprint density at radius 3 is 2.44 bits per heavy atom. The number of carbonyl (C=O) groups is 2. The molecule has 0 atom stereocenters. The summed E-state index contributed by atoms with van der Waals surface area (Å²) in [6, 6.07) is 0. The van der Waals surface area contributed by atoms with Crippen LogP contribution in [0.4, 0.5) is 13.2 Å². The topological polar surface area (TPSA) is 56.3 Å². The zero-order valence-electron chi connectivity index (χ0n) is 14.4. The Morgan fingerprint density at radius 1 is 1.28 bits per heavy atom. The fourth-order valence-corrected chi connectivity index (χ4v) is 3.53. The molecule has 1 aromatic rings. The molecule has 25 heavy (non-hydrogen) atoms. The maximum atomic E-state index is 13.6. The summed E-state index contributed by atoms with van der Waals surface area (Å²) in [5.41, 5.74) is -1.66. The van der Waals surface area contributed by atoms with E-state index in [9.17, 15) is 22.8 Å². The number of alkyl halides is 3. The Morgan fingerprint density at radius 2 is 1.92 bits per heavy atom. The van der Waals surface area contributed by atoms with Crippen LogP contribution in [0.3, 0.4) is 0 Å². The first kappa shape index (κ1) is 17.9. The highest BCUT2D eigenvalue weighted by atomic mass is 19.4. The van der Waals surface area contributed by atoms with Crippen molar-refractivity contribution in [3.05, 3.63) is 28.1 Å². The second-order valence-corrected chi connectivity index (χ2v) is 7.50. The van der Waals surface area contributed by atoms with Gasteiger partial charge in [-0.2, -0.15) is 13.2 Å². The molecular weight excluding hydrogens is 335 g/mol. The number of pyridine rings is 1. The van der Waals surface area contributed by atoms with E-state index in [4.69, 9.17) is 4.74 Å². The third kappa shape index (κ3) is 3.28. The second-order valence-electron chi connectivity index (χ2n) is 7.50. The highest BCUT2D eigenvalue weighted by Crippen LogP contribution is 2.49. The SMILES string of the molecule is CCOC(=O)c1c(C(F)(F)F)nc2c(c1C1CC1)C(=O)CC(C)(C)C2. The molecule has 0 radical (unpaired) electrons. The Bertz CT molecular complexity index is 749. The van der Waals surface area contributed by atoms with Crippen molar-refractivity contribution in [2.24, 2.45) is 5.41 Å². The summed E-state index contributed by atoms with van der Waals surface area (Å²) in [5, 5.41) is 0. The summed E-state index contributed by atoms with van der Waals surface area (Å²) < 4.78 is 45.7. The van der Waals surface area contributed by atoms with E-state index < -0.39 is 28.8 Å². The number of fused-ring (bicyclic) bond motifs is 1. The number of hydrogen-bond donors (Lipinski definition) is 0. The van der Waals surface area contributed by atoms with Crippen molar-refractivity contribution < 1.29 is 27.5 Å². The summed E-state index contributed by atoms with van der Waals surface area (Å²) in [7, 11) is 0. The Kier molecular flexibility index (Phi) is 4.16. The summed E-state index contributed by atoms with van der Waals surface area (Å²) in [5.74, 6) is -1.49. The molecule has 1 saturated carbocycles. The van der Waals surface area contributed by atoms with Crippen LogP contribution < -0.4 is 0 Å². The van der Waals surface area contributed by atoms with Crippen LogP contribution in [0, 0.1) is 5.41 Å². The number of rotatable bonds is 3. The van der Waals surface area contributed by atoms with Gasteiger partial charge >= 0.3 is 12.1 Å².